The zero-order valence-electron chi connectivity index (χ0n) is 30.5. The lowest BCUT2D eigenvalue weighted by atomic mass is 9.96. The van der Waals surface area contributed by atoms with E-state index in [2.05, 4.69) is 9.97 Å². The molecule has 0 spiro atoms. The highest BCUT2D eigenvalue weighted by molar-refractivity contribution is 6.01. The van der Waals surface area contributed by atoms with E-state index in [4.69, 9.17) is 9.97 Å². The lowest BCUT2D eigenvalue weighted by Gasteiger charge is -2.06. The fourth-order valence-corrected chi connectivity index (χ4v) is 7.13. The largest absolute Gasteiger partial charge is 0.481 e. The smallest absolute Gasteiger partial charge is 0.307 e. The molecule has 18 nitrogen and oxygen atoms in total. The Labute approximate surface area is 321 Å². The van der Waals surface area contributed by atoms with Crippen LogP contribution >= 0.6 is 0 Å². The molecule has 3 aromatic heterocycles. The molecule has 5 rings (SSSR count). The number of nitrogens with zero attached hydrogens (tertiary/aromatic N) is 2. The van der Waals surface area contributed by atoms with E-state index in [9.17, 15) is 69.3 Å². The van der Waals surface area contributed by atoms with Crippen LogP contribution in [0.2, 0.25) is 0 Å². The Kier molecular flexibility index (Phi) is 12.3. The molecule has 0 atom stereocenters. The third-order valence-electron chi connectivity index (χ3n) is 9.64. The molecule has 0 saturated heterocycles. The van der Waals surface area contributed by atoms with Crippen molar-refractivity contribution in [3.8, 4) is 0 Å². The minimum Gasteiger partial charge on any atom is -0.481 e. The molecule has 298 valence electrons. The molecule has 0 amide bonds. The van der Waals surface area contributed by atoms with Crippen molar-refractivity contribution in [3.05, 3.63) is 69.3 Å². The van der Waals surface area contributed by atoms with Gasteiger partial charge in [0.25, 0.3) is 0 Å². The van der Waals surface area contributed by atoms with Gasteiger partial charge in [-0.05, 0) is 101 Å². The third-order valence-corrected chi connectivity index (χ3v) is 9.64. The third kappa shape index (κ3) is 9.77. The van der Waals surface area contributed by atoms with Crippen molar-refractivity contribution >= 4 is 86.1 Å². The zero-order chi connectivity index (χ0) is 41.7. The molecule has 2 aliphatic heterocycles. The molecule has 0 fully saturated rings. The predicted molar refractivity (Wildman–Crippen MR) is 201 cm³/mol. The number of rotatable bonds is 18. The normalized spacial score (nSPS) is 12.5. The van der Waals surface area contributed by atoms with Gasteiger partial charge >= 0.3 is 41.8 Å². The van der Waals surface area contributed by atoms with Crippen molar-refractivity contribution in [2.45, 2.75) is 77.6 Å². The van der Waals surface area contributed by atoms with E-state index in [1.165, 1.54) is 24.3 Å². The number of carboxylic acid groups (broad SMARTS) is 7. The lowest BCUT2D eigenvalue weighted by Crippen LogP contribution is -2.04. The molecule has 0 radical (unpaired) electrons. The first-order valence-electron chi connectivity index (χ1n) is 17.6. The van der Waals surface area contributed by atoms with Gasteiger partial charge in [0, 0.05) is 47.8 Å². The number of allylic oxidation sites excluding steroid dienone is 3. The molecular formula is C39H38N4O14. The second-order valence-electron chi connectivity index (χ2n) is 13.5. The molecule has 0 aliphatic carbocycles. The van der Waals surface area contributed by atoms with Crippen LogP contribution in [0.25, 0.3) is 44.4 Å². The van der Waals surface area contributed by atoms with E-state index in [-0.39, 0.29) is 105 Å². The summed E-state index contributed by atoms with van der Waals surface area (Å²) < 4.78 is 0. The van der Waals surface area contributed by atoms with Crippen molar-refractivity contribution in [2.75, 3.05) is 0 Å². The number of fused-ring (bicyclic) bond motifs is 8. The highest BCUT2D eigenvalue weighted by atomic mass is 16.4. The van der Waals surface area contributed by atoms with Crippen LogP contribution in [0, 0.1) is 0 Å². The van der Waals surface area contributed by atoms with Crippen LogP contribution < -0.4 is 0 Å². The molecule has 3 aromatic rings. The van der Waals surface area contributed by atoms with E-state index in [1.807, 2.05) is 0 Å². The Morgan fingerprint density at radius 3 is 1.18 bits per heavy atom. The van der Waals surface area contributed by atoms with Crippen molar-refractivity contribution in [1.82, 2.24) is 19.9 Å². The van der Waals surface area contributed by atoms with Crippen LogP contribution in [0.1, 0.15) is 96.9 Å². The SMILES string of the molecule is CC1=C(CCC(=O)O)c2cc3[nH]c(cc4nc(cc5[nH]c(cc1n2)c(CC(=O)O)c5CCC(=O)O)C(CC(=O)O)=C4CCC(=O)O)c(CC(=O)O)c3CCC(=O)O. The summed E-state index contributed by atoms with van der Waals surface area (Å²) in [5.41, 5.74) is 3.68. The number of H-pyrrole nitrogens is 2. The number of carboxylic acids is 7. The summed E-state index contributed by atoms with van der Waals surface area (Å²) in [7, 11) is 0. The monoisotopic (exact) mass is 786 g/mol. The molecule has 0 aromatic carbocycles. The maximum atomic E-state index is 12.3. The van der Waals surface area contributed by atoms with E-state index >= 15 is 0 Å². The Morgan fingerprint density at radius 1 is 0.421 bits per heavy atom. The van der Waals surface area contributed by atoms with Crippen molar-refractivity contribution in [3.63, 3.8) is 0 Å². The van der Waals surface area contributed by atoms with Crippen LogP contribution in [0.3, 0.4) is 0 Å². The second kappa shape index (κ2) is 17.1. The van der Waals surface area contributed by atoms with Crippen LogP contribution in [-0.4, -0.2) is 97.5 Å². The van der Waals surface area contributed by atoms with Crippen molar-refractivity contribution < 1.29 is 69.3 Å². The number of aryl methyl sites for hydroxylation is 2. The summed E-state index contributed by atoms with van der Waals surface area (Å²) in [4.78, 5) is 99.6. The lowest BCUT2D eigenvalue weighted by molar-refractivity contribution is -0.138. The maximum Gasteiger partial charge on any atom is 0.307 e. The average molecular weight is 787 g/mol. The summed E-state index contributed by atoms with van der Waals surface area (Å²) in [5, 5.41) is 68.4. The maximum absolute atomic E-state index is 12.3. The minimum absolute atomic E-state index is 0.00517. The highest BCUT2D eigenvalue weighted by Gasteiger charge is 2.26. The fourth-order valence-electron chi connectivity index (χ4n) is 7.13. The Bertz CT molecular complexity index is 2470. The molecule has 0 unspecified atom stereocenters. The Morgan fingerprint density at radius 2 is 0.754 bits per heavy atom. The first-order valence-corrected chi connectivity index (χ1v) is 17.6. The molecule has 8 bridgehead atoms. The molecule has 0 saturated carbocycles. The number of aromatic nitrogens is 4. The number of nitrogens with one attached hydrogen (secondary N) is 2. The first-order chi connectivity index (χ1) is 26.9. The van der Waals surface area contributed by atoms with Crippen LogP contribution in [0.15, 0.2) is 24.3 Å². The molecule has 2 aliphatic rings. The molecular weight excluding hydrogens is 748 g/mol. The zero-order valence-corrected chi connectivity index (χ0v) is 30.5. The fraction of sp³-hybridized carbons (Fsp3) is 0.308. The molecule has 57 heavy (non-hydrogen) atoms. The Hall–Kier alpha value is -7.11. The van der Waals surface area contributed by atoms with Gasteiger partial charge in [-0.25, -0.2) is 9.97 Å². The van der Waals surface area contributed by atoms with Gasteiger partial charge in [-0.2, -0.15) is 0 Å². The number of aromatic amines is 2. The van der Waals surface area contributed by atoms with E-state index in [1.54, 1.807) is 6.92 Å². The molecule has 9 N–H and O–H groups in total. The number of aliphatic carboxylic acids is 7. The van der Waals surface area contributed by atoms with Gasteiger partial charge < -0.3 is 45.7 Å². The molecule has 5 heterocycles. The van der Waals surface area contributed by atoms with Crippen LogP contribution in [0.5, 0.6) is 0 Å². The van der Waals surface area contributed by atoms with E-state index in [0.29, 0.717) is 16.7 Å². The number of hydrogen-bond donors (Lipinski definition) is 9. The van der Waals surface area contributed by atoms with E-state index in [0.717, 1.165) is 0 Å². The number of hydrogen-bond acceptors (Lipinski definition) is 9. The summed E-state index contributed by atoms with van der Waals surface area (Å²) >= 11 is 0. The minimum atomic E-state index is -1.30. The average Bonchev–Trinajstić information content (AvgIpc) is 3.77. The standard InChI is InChI=1S/C39H38N4O14/c1-17-18(2-6-33(44)45)26-14-27-20(4-8-35(48)49)23(11-38(54)55)31(42-27)16-29-21(5-9-36(50)51)24(12-39(56)57)32(43-29)15-28-19(3-7-34(46)47)22(10-37(52)53)30(41-28)13-25(17)40-26/h13-16,41-42H,2-12H2,1H3,(H,44,45)(H,46,47)(H,48,49)(H,50,51)(H,52,53)(H,54,55)(H,56,57). The summed E-state index contributed by atoms with van der Waals surface area (Å²) in [6.07, 6.45) is -3.91. The number of carbonyl (C=O) groups is 7. The van der Waals surface area contributed by atoms with Gasteiger partial charge in [0.1, 0.15) is 0 Å². The summed E-state index contributed by atoms with van der Waals surface area (Å²) in [5.74, 6) is -8.48. The quantitative estimate of drug-likeness (QED) is 0.0847. The Balaban J connectivity index is 2.05. The van der Waals surface area contributed by atoms with E-state index < -0.39 is 80.3 Å². The van der Waals surface area contributed by atoms with Crippen molar-refractivity contribution in [2.24, 2.45) is 0 Å². The highest BCUT2D eigenvalue weighted by Crippen LogP contribution is 2.39. The summed E-state index contributed by atoms with van der Waals surface area (Å²) in [6.45, 7) is 1.68. The topological polar surface area (TPSA) is 318 Å². The van der Waals surface area contributed by atoms with Crippen molar-refractivity contribution in [1.29, 1.82) is 0 Å². The predicted octanol–water partition coefficient (Wildman–Crippen LogP) is 4.65. The van der Waals surface area contributed by atoms with Crippen LogP contribution in [-0.2, 0) is 59.2 Å². The van der Waals surface area contributed by atoms with Gasteiger partial charge in [-0.1, -0.05) is 0 Å². The van der Waals surface area contributed by atoms with Gasteiger partial charge in [0.15, 0.2) is 0 Å². The summed E-state index contributed by atoms with van der Waals surface area (Å²) in [6, 6.07) is 5.90. The molecule has 18 heteroatoms. The first kappa shape index (κ1) is 41.1. The van der Waals surface area contributed by atoms with Crippen LogP contribution in [0.4, 0.5) is 0 Å². The van der Waals surface area contributed by atoms with Gasteiger partial charge in [0.2, 0.25) is 0 Å². The van der Waals surface area contributed by atoms with Gasteiger partial charge in [-0.3, -0.25) is 33.6 Å². The second-order valence-corrected chi connectivity index (χ2v) is 13.5. The van der Waals surface area contributed by atoms with Gasteiger partial charge in [0.05, 0.1) is 42.0 Å². The van der Waals surface area contributed by atoms with Gasteiger partial charge in [-0.15, -0.1) is 0 Å².